The van der Waals surface area contributed by atoms with Gasteiger partial charge in [0.2, 0.25) is 0 Å². The standard InChI is InChI=1S/C9H17N.2C2H6/c1-8-5-9(6-8)3-2-4-10-7-9;2*1-2/h8,10H,2-7H2,1H3;2*1-2H3. The predicted molar refractivity (Wildman–Crippen MR) is 65.6 cm³/mol. The maximum Gasteiger partial charge on any atom is 0.000801 e. The summed E-state index contributed by atoms with van der Waals surface area (Å²) >= 11 is 0. The lowest BCUT2D eigenvalue weighted by atomic mass is 9.59. The number of rotatable bonds is 0. The van der Waals surface area contributed by atoms with Crippen molar-refractivity contribution in [2.45, 2.75) is 60.3 Å². The monoisotopic (exact) mass is 199 g/mol. The van der Waals surface area contributed by atoms with Crippen LogP contribution in [0.1, 0.15) is 60.3 Å². The lowest BCUT2D eigenvalue weighted by Crippen LogP contribution is -2.47. The van der Waals surface area contributed by atoms with Crippen LogP contribution in [-0.4, -0.2) is 13.1 Å². The zero-order valence-corrected chi connectivity index (χ0v) is 10.8. The molecule has 1 heteroatoms. The van der Waals surface area contributed by atoms with Gasteiger partial charge in [0.25, 0.3) is 0 Å². The third-order valence-corrected chi connectivity index (χ3v) is 3.12. The molecule has 0 unspecified atom stereocenters. The second kappa shape index (κ2) is 7.28. The Balaban J connectivity index is 0.000000379. The Morgan fingerprint density at radius 3 is 2.00 bits per heavy atom. The maximum atomic E-state index is 3.50. The molecule has 0 atom stereocenters. The van der Waals surface area contributed by atoms with E-state index in [1.54, 1.807) is 0 Å². The predicted octanol–water partition coefficient (Wildman–Crippen LogP) is 3.84. The molecule has 2 fully saturated rings. The summed E-state index contributed by atoms with van der Waals surface area (Å²) in [5.41, 5.74) is 0.762. The van der Waals surface area contributed by atoms with Crippen LogP contribution in [0, 0.1) is 11.3 Å². The van der Waals surface area contributed by atoms with Crippen LogP contribution in [0.3, 0.4) is 0 Å². The van der Waals surface area contributed by atoms with Gasteiger partial charge in [-0.15, -0.1) is 0 Å². The van der Waals surface area contributed by atoms with Crippen molar-refractivity contribution in [2.24, 2.45) is 11.3 Å². The van der Waals surface area contributed by atoms with Crippen LogP contribution in [0.5, 0.6) is 0 Å². The van der Waals surface area contributed by atoms with Gasteiger partial charge in [-0.05, 0) is 43.6 Å². The first-order valence-corrected chi connectivity index (χ1v) is 6.52. The zero-order chi connectivity index (χ0) is 11.0. The molecule has 0 bridgehead atoms. The van der Waals surface area contributed by atoms with Crippen molar-refractivity contribution in [3.05, 3.63) is 0 Å². The Hall–Kier alpha value is -0.0400. The van der Waals surface area contributed by atoms with Crippen molar-refractivity contribution in [3.8, 4) is 0 Å². The summed E-state index contributed by atoms with van der Waals surface area (Å²) in [4.78, 5) is 0. The Morgan fingerprint density at radius 1 is 1.07 bits per heavy atom. The zero-order valence-electron chi connectivity index (χ0n) is 10.8. The van der Waals surface area contributed by atoms with Gasteiger partial charge < -0.3 is 5.32 Å². The highest BCUT2D eigenvalue weighted by Gasteiger charge is 2.42. The Morgan fingerprint density at radius 2 is 1.64 bits per heavy atom. The summed E-state index contributed by atoms with van der Waals surface area (Å²) in [6, 6.07) is 0. The van der Waals surface area contributed by atoms with Crippen LogP contribution >= 0.6 is 0 Å². The molecule has 2 aliphatic rings. The highest BCUT2D eigenvalue weighted by molar-refractivity contribution is 4.95. The molecule has 1 spiro atoms. The Labute approximate surface area is 90.7 Å². The van der Waals surface area contributed by atoms with Crippen LogP contribution in [0.4, 0.5) is 0 Å². The summed E-state index contributed by atoms with van der Waals surface area (Å²) in [6.45, 7) is 12.9. The summed E-state index contributed by atoms with van der Waals surface area (Å²) in [5, 5.41) is 3.50. The second-order valence-corrected chi connectivity index (χ2v) is 4.29. The summed E-state index contributed by atoms with van der Waals surface area (Å²) < 4.78 is 0. The van der Waals surface area contributed by atoms with Crippen molar-refractivity contribution in [1.29, 1.82) is 0 Å². The number of hydrogen-bond donors (Lipinski definition) is 1. The maximum absolute atomic E-state index is 3.50. The van der Waals surface area contributed by atoms with Gasteiger partial charge in [0.05, 0.1) is 0 Å². The van der Waals surface area contributed by atoms with Gasteiger partial charge >= 0.3 is 0 Å². The summed E-state index contributed by atoms with van der Waals surface area (Å²) in [7, 11) is 0. The number of hydrogen-bond acceptors (Lipinski definition) is 1. The molecule has 0 aromatic rings. The first kappa shape index (κ1) is 14.0. The van der Waals surface area contributed by atoms with E-state index >= 15 is 0 Å². The largest absolute Gasteiger partial charge is 0.316 e. The smallest absolute Gasteiger partial charge is 0.000801 e. The van der Waals surface area contributed by atoms with Gasteiger partial charge in [0.1, 0.15) is 0 Å². The van der Waals surface area contributed by atoms with Crippen molar-refractivity contribution >= 4 is 0 Å². The third-order valence-electron chi connectivity index (χ3n) is 3.12. The van der Waals surface area contributed by atoms with Gasteiger partial charge in [-0.1, -0.05) is 34.6 Å². The molecule has 2 rings (SSSR count). The van der Waals surface area contributed by atoms with E-state index < -0.39 is 0 Å². The lowest BCUT2D eigenvalue weighted by Gasteiger charge is -2.49. The molecule has 1 N–H and O–H groups in total. The minimum Gasteiger partial charge on any atom is -0.316 e. The lowest BCUT2D eigenvalue weighted by molar-refractivity contribution is 0.0381. The first-order valence-electron chi connectivity index (χ1n) is 6.52. The number of piperidine rings is 1. The molecule has 14 heavy (non-hydrogen) atoms. The van der Waals surface area contributed by atoms with Crippen molar-refractivity contribution in [3.63, 3.8) is 0 Å². The van der Waals surface area contributed by atoms with Crippen molar-refractivity contribution in [2.75, 3.05) is 13.1 Å². The molecule has 1 nitrogen and oxygen atoms in total. The van der Waals surface area contributed by atoms with Crippen molar-refractivity contribution < 1.29 is 0 Å². The third kappa shape index (κ3) is 3.61. The van der Waals surface area contributed by atoms with E-state index in [0.717, 1.165) is 11.3 Å². The van der Waals surface area contributed by atoms with E-state index in [4.69, 9.17) is 0 Å². The average Bonchev–Trinajstić information content (AvgIpc) is 2.23. The van der Waals surface area contributed by atoms with Gasteiger partial charge in [-0.25, -0.2) is 0 Å². The first-order chi connectivity index (χ1) is 6.81. The topological polar surface area (TPSA) is 12.0 Å². The second-order valence-electron chi connectivity index (χ2n) is 4.29. The molecule has 0 aromatic heterocycles. The van der Waals surface area contributed by atoms with E-state index in [2.05, 4.69) is 12.2 Å². The van der Waals surface area contributed by atoms with Crippen LogP contribution in [-0.2, 0) is 0 Å². The molecule has 1 saturated heterocycles. The SMILES string of the molecule is CC.CC.CC1CC2(CCCNC2)C1. The highest BCUT2D eigenvalue weighted by Crippen LogP contribution is 2.49. The Kier molecular flexibility index (Phi) is 7.26. The normalized spacial score (nSPS) is 34.5. The van der Waals surface area contributed by atoms with E-state index in [1.807, 2.05) is 27.7 Å². The molecule has 0 aromatic carbocycles. The van der Waals surface area contributed by atoms with E-state index in [0.29, 0.717) is 0 Å². The van der Waals surface area contributed by atoms with E-state index in [1.165, 1.54) is 38.8 Å². The quantitative estimate of drug-likeness (QED) is 0.625. The molecule has 86 valence electrons. The molecular weight excluding hydrogens is 170 g/mol. The fourth-order valence-corrected chi connectivity index (χ4v) is 2.80. The van der Waals surface area contributed by atoms with E-state index in [-0.39, 0.29) is 0 Å². The fraction of sp³-hybridized carbons (Fsp3) is 1.00. The van der Waals surface area contributed by atoms with Crippen LogP contribution in [0.25, 0.3) is 0 Å². The van der Waals surface area contributed by atoms with Crippen LogP contribution in [0.2, 0.25) is 0 Å². The van der Waals surface area contributed by atoms with Gasteiger partial charge in [-0.3, -0.25) is 0 Å². The van der Waals surface area contributed by atoms with Crippen LogP contribution in [0.15, 0.2) is 0 Å². The average molecular weight is 199 g/mol. The molecule has 1 aliphatic heterocycles. The highest BCUT2D eigenvalue weighted by atomic mass is 14.9. The number of nitrogens with one attached hydrogen (secondary N) is 1. The minimum absolute atomic E-state index is 0.762. The van der Waals surface area contributed by atoms with Gasteiger partial charge in [0, 0.05) is 6.54 Å². The van der Waals surface area contributed by atoms with Crippen LogP contribution < -0.4 is 5.32 Å². The van der Waals surface area contributed by atoms with Gasteiger partial charge in [-0.2, -0.15) is 0 Å². The molecule has 0 amide bonds. The molecular formula is C13H29N. The summed E-state index contributed by atoms with van der Waals surface area (Å²) in [6.07, 6.45) is 5.87. The Bertz CT molecular complexity index is 110. The molecule has 1 aliphatic carbocycles. The molecule has 1 heterocycles. The molecule has 0 radical (unpaired) electrons. The summed E-state index contributed by atoms with van der Waals surface area (Å²) in [5.74, 6) is 1.01. The minimum atomic E-state index is 0.762. The van der Waals surface area contributed by atoms with Gasteiger partial charge in [0.15, 0.2) is 0 Å². The fourth-order valence-electron chi connectivity index (χ4n) is 2.80. The molecule has 1 saturated carbocycles. The van der Waals surface area contributed by atoms with Crippen molar-refractivity contribution in [1.82, 2.24) is 5.32 Å². The van der Waals surface area contributed by atoms with E-state index in [9.17, 15) is 0 Å².